The summed E-state index contributed by atoms with van der Waals surface area (Å²) >= 11 is 0. The molecule has 0 aliphatic heterocycles. The van der Waals surface area contributed by atoms with Crippen LogP contribution in [0, 0.1) is 0 Å². The molecule has 0 aliphatic carbocycles. The van der Waals surface area contributed by atoms with Gasteiger partial charge in [0.2, 0.25) is 0 Å². The standard InChI is InChI=1S/2BH2O.Co/c2*1-2;/h2*1H2;/q2*-1;+2. The molecule has 0 bridgehead atoms. The van der Waals surface area contributed by atoms with Crippen LogP contribution in [-0.2, 0) is 16.8 Å². The molecular weight excluding hydrogens is 113 g/mol. The zero-order chi connectivity index (χ0) is 4.00. The first-order valence-corrected chi connectivity index (χ1v) is 0.816. The summed E-state index contributed by atoms with van der Waals surface area (Å²) in [5, 5.41) is 16.5. The predicted octanol–water partition coefficient (Wildman–Crippen LogP) is -4.21. The van der Waals surface area contributed by atoms with E-state index in [1.807, 2.05) is 0 Å². The summed E-state index contributed by atoms with van der Waals surface area (Å²) in [5.74, 6) is 0. The molecule has 0 saturated heterocycles. The number of hydrogen-bond donors (Lipinski definition) is 0. The van der Waals surface area contributed by atoms with Gasteiger partial charge in [0.1, 0.15) is 0 Å². The quantitative estimate of drug-likeness (QED) is 0.301. The Balaban J connectivity index is -0.0000000133. The average molecular weight is 117 g/mol. The molecule has 0 aromatic carbocycles. The van der Waals surface area contributed by atoms with Crippen molar-refractivity contribution in [2.24, 2.45) is 0 Å². The van der Waals surface area contributed by atoms with E-state index in [-0.39, 0.29) is 16.8 Å². The SMILES string of the molecule is B[O-].B[O-].[Co+2]. The van der Waals surface area contributed by atoms with Crippen LogP contribution in [0.15, 0.2) is 0 Å². The molecule has 0 aromatic rings. The van der Waals surface area contributed by atoms with Crippen molar-refractivity contribution in [3.8, 4) is 0 Å². The molecule has 0 amide bonds. The third-order valence-corrected chi connectivity index (χ3v) is 0. The summed E-state index contributed by atoms with van der Waals surface area (Å²) in [6.07, 6.45) is 0. The molecule has 31 valence electrons. The molecule has 0 N–H and O–H groups in total. The van der Waals surface area contributed by atoms with Crippen LogP contribution in [0.4, 0.5) is 0 Å². The Labute approximate surface area is 43.7 Å². The maximum atomic E-state index is 8.25. The topological polar surface area (TPSA) is 46.1 Å². The van der Waals surface area contributed by atoms with E-state index < -0.39 is 0 Å². The Bertz CT molecular complexity index is 7.61. The number of rotatable bonds is 0. The van der Waals surface area contributed by atoms with Gasteiger partial charge in [0.25, 0.3) is 0 Å². The van der Waals surface area contributed by atoms with Crippen molar-refractivity contribution in [3.05, 3.63) is 0 Å². The van der Waals surface area contributed by atoms with E-state index in [2.05, 4.69) is 0 Å². The van der Waals surface area contributed by atoms with E-state index in [9.17, 15) is 0 Å². The van der Waals surface area contributed by atoms with Crippen LogP contribution in [0.2, 0.25) is 0 Å². The molecular formula is H4B2CoO2. The molecule has 0 unspecified atom stereocenters. The van der Waals surface area contributed by atoms with Gasteiger partial charge in [-0.2, -0.15) is 0 Å². The van der Waals surface area contributed by atoms with E-state index in [1.165, 1.54) is 0 Å². The van der Waals surface area contributed by atoms with Crippen LogP contribution in [0.3, 0.4) is 0 Å². The summed E-state index contributed by atoms with van der Waals surface area (Å²) in [7, 11) is 1.50. The molecule has 2 nitrogen and oxygen atoms in total. The Morgan fingerprint density at radius 1 is 0.800 bits per heavy atom. The van der Waals surface area contributed by atoms with E-state index in [0.29, 0.717) is 0 Å². The fraction of sp³-hybridized carbons (Fsp3) is 0. The second kappa shape index (κ2) is 186. The summed E-state index contributed by atoms with van der Waals surface area (Å²) in [6, 6.07) is 0. The molecule has 0 rings (SSSR count). The van der Waals surface area contributed by atoms with Crippen LogP contribution in [0.25, 0.3) is 0 Å². The molecule has 0 saturated carbocycles. The normalized spacial score (nSPS) is 2.00. The molecule has 0 aliphatic rings. The summed E-state index contributed by atoms with van der Waals surface area (Å²) < 4.78 is 0. The van der Waals surface area contributed by atoms with Crippen molar-refractivity contribution in [2.45, 2.75) is 0 Å². The third kappa shape index (κ3) is 96.2. The van der Waals surface area contributed by atoms with E-state index in [1.54, 1.807) is 0 Å². The fourth-order valence-corrected chi connectivity index (χ4v) is 0. The maximum absolute atomic E-state index is 8.25. The van der Waals surface area contributed by atoms with Crippen LogP contribution < -0.4 is 10.0 Å². The second-order valence-corrected chi connectivity index (χ2v) is 0. The van der Waals surface area contributed by atoms with Crippen molar-refractivity contribution in [2.75, 3.05) is 0 Å². The first-order chi connectivity index (χ1) is 2.00. The zero-order valence-electron chi connectivity index (χ0n) is 3.15. The summed E-state index contributed by atoms with van der Waals surface area (Å²) in [6.45, 7) is 0. The first kappa shape index (κ1) is 17.7. The van der Waals surface area contributed by atoms with Gasteiger partial charge in [0.15, 0.2) is 0 Å². The molecule has 0 spiro atoms. The molecule has 0 fully saturated rings. The minimum absolute atomic E-state index is 0. The van der Waals surface area contributed by atoms with Crippen molar-refractivity contribution in [1.82, 2.24) is 0 Å². The van der Waals surface area contributed by atoms with Crippen molar-refractivity contribution in [3.63, 3.8) is 0 Å². The van der Waals surface area contributed by atoms with Crippen LogP contribution in [0.5, 0.6) is 0 Å². The Morgan fingerprint density at radius 3 is 0.800 bits per heavy atom. The number of hydrogen-bond acceptors (Lipinski definition) is 2. The second-order valence-electron chi connectivity index (χ2n) is 0. The first-order valence-electron chi connectivity index (χ1n) is 0.816. The molecule has 1 radical (unpaired) electrons. The summed E-state index contributed by atoms with van der Waals surface area (Å²) in [4.78, 5) is 0. The van der Waals surface area contributed by atoms with Gasteiger partial charge in [0, 0.05) is 0 Å². The van der Waals surface area contributed by atoms with Crippen LogP contribution >= 0.6 is 0 Å². The Morgan fingerprint density at radius 2 is 0.800 bits per heavy atom. The van der Waals surface area contributed by atoms with Gasteiger partial charge >= 0.3 is 16.8 Å². The van der Waals surface area contributed by atoms with Crippen LogP contribution in [-0.4, -0.2) is 16.1 Å². The zero-order valence-corrected chi connectivity index (χ0v) is 4.19. The van der Waals surface area contributed by atoms with Crippen molar-refractivity contribution >= 4 is 16.1 Å². The van der Waals surface area contributed by atoms with E-state index in [0.717, 1.165) is 16.1 Å². The summed E-state index contributed by atoms with van der Waals surface area (Å²) in [5.41, 5.74) is 0. The molecule has 0 heterocycles. The maximum Gasteiger partial charge on any atom is 2.00 e. The predicted molar refractivity (Wildman–Crippen MR) is 17.1 cm³/mol. The average Bonchev–Trinajstić information content (AvgIpc) is 1.50. The molecule has 0 aromatic heterocycles. The Hall–Kier alpha value is 0.556. The minimum Gasteiger partial charge on any atom is -0.885 e. The Kier molecular flexibility index (Phi) is 657. The van der Waals surface area contributed by atoms with Crippen LogP contribution in [0.1, 0.15) is 0 Å². The monoisotopic (exact) mass is 117 g/mol. The van der Waals surface area contributed by atoms with Crippen molar-refractivity contribution < 1.29 is 26.8 Å². The largest absolute Gasteiger partial charge is 2.00 e. The van der Waals surface area contributed by atoms with Crippen molar-refractivity contribution in [1.29, 1.82) is 0 Å². The van der Waals surface area contributed by atoms with Gasteiger partial charge in [-0.05, 0) is 16.1 Å². The van der Waals surface area contributed by atoms with E-state index in [4.69, 9.17) is 10.0 Å². The molecule has 5 heavy (non-hydrogen) atoms. The third-order valence-electron chi connectivity index (χ3n) is 0. The van der Waals surface area contributed by atoms with Gasteiger partial charge in [0.05, 0.1) is 0 Å². The fourth-order valence-electron chi connectivity index (χ4n) is 0. The van der Waals surface area contributed by atoms with Gasteiger partial charge < -0.3 is 10.0 Å². The van der Waals surface area contributed by atoms with Gasteiger partial charge in [-0.15, -0.1) is 0 Å². The van der Waals surface area contributed by atoms with E-state index >= 15 is 0 Å². The van der Waals surface area contributed by atoms with Gasteiger partial charge in [-0.25, -0.2) is 0 Å². The molecule has 0 atom stereocenters. The minimum atomic E-state index is 0. The molecule has 5 heteroatoms. The smallest absolute Gasteiger partial charge is 0.885 e. The van der Waals surface area contributed by atoms with Gasteiger partial charge in [-0.1, -0.05) is 0 Å². The van der Waals surface area contributed by atoms with Gasteiger partial charge in [-0.3, -0.25) is 0 Å².